The minimum Gasteiger partial charge on any atom is -0.464 e. The van der Waals surface area contributed by atoms with Gasteiger partial charge in [-0.3, -0.25) is 4.79 Å². The van der Waals surface area contributed by atoms with Crippen molar-refractivity contribution >= 4 is 34.8 Å². The minimum absolute atomic E-state index is 0.114. The van der Waals surface area contributed by atoms with E-state index >= 15 is 0 Å². The predicted molar refractivity (Wildman–Crippen MR) is 104 cm³/mol. The Morgan fingerprint density at radius 1 is 1.26 bits per heavy atom. The quantitative estimate of drug-likeness (QED) is 0.261. The molecule has 1 amide bonds. The third-order valence-corrected chi connectivity index (χ3v) is 4.91. The van der Waals surface area contributed by atoms with Gasteiger partial charge >= 0.3 is 5.97 Å². The molecule has 2 N–H and O–H groups in total. The van der Waals surface area contributed by atoms with E-state index in [-0.39, 0.29) is 11.9 Å². The summed E-state index contributed by atoms with van der Waals surface area (Å²) in [5.74, 6) is 0.661. The first-order chi connectivity index (χ1) is 13.0. The van der Waals surface area contributed by atoms with E-state index in [2.05, 4.69) is 25.3 Å². The van der Waals surface area contributed by atoms with Gasteiger partial charge in [0.1, 0.15) is 22.9 Å². The number of carbonyl (C=O) groups excluding carboxylic acids is 2. The molecule has 2 aromatic rings. The van der Waals surface area contributed by atoms with Crippen LogP contribution in [0.3, 0.4) is 0 Å². The fourth-order valence-corrected chi connectivity index (χ4v) is 3.56. The van der Waals surface area contributed by atoms with Crippen LogP contribution in [-0.2, 0) is 14.3 Å². The summed E-state index contributed by atoms with van der Waals surface area (Å²) in [4.78, 5) is 39.6. The molecule has 0 radical (unpaired) electrons. The molecule has 8 nitrogen and oxygen atoms in total. The van der Waals surface area contributed by atoms with Gasteiger partial charge in [-0.25, -0.2) is 19.7 Å². The lowest BCUT2D eigenvalue weighted by atomic mass is 10.0. The van der Waals surface area contributed by atoms with Gasteiger partial charge < -0.3 is 15.0 Å². The summed E-state index contributed by atoms with van der Waals surface area (Å²) >= 11 is 1.61. The molecule has 1 atom stereocenters. The highest BCUT2D eigenvalue weighted by atomic mass is 32.2. The highest BCUT2D eigenvalue weighted by molar-refractivity contribution is 7.99. The van der Waals surface area contributed by atoms with Crippen molar-refractivity contribution in [2.75, 3.05) is 12.4 Å². The Morgan fingerprint density at radius 2 is 2.07 bits per heavy atom. The molecular weight excluding hydrogens is 366 g/mol. The number of ether oxygens (including phenoxy) is 1. The SMILES string of the molecule is CCOC(=O)[C@H](CC(C)C)NC(=O)CCCCSc1ncnc2nc[nH]c12. The number of carbonyl (C=O) groups is 2. The molecule has 0 aliphatic carbocycles. The Balaban J connectivity index is 1.71. The van der Waals surface area contributed by atoms with Crippen molar-refractivity contribution in [1.29, 1.82) is 0 Å². The maximum absolute atomic E-state index is 12.2. The maximum Gasteiger partial charge on any atom is 0.328 e. The van der Waals surface area contributed by atoms with Crippen LogP contribution in [0, 0.1) is 5.92 Å². The van der Waals surface area contributed by atoms with Gasteiger partial charge in [0, 0.05) is 6.42 Å². The predicted octanol–water partition coefficient (Wildman–Crippen LogP) is 2.71. The number of amides is 1. The van der Waals surface area contributed by atoms with Gasteiger partial charge in [0.15, 0.2) is 5.65 Å². The highest BCUT2D eigenvalue weighted by Gasteiger charge is 2.22. The molecule has 0 bridgehead atoms. The van der Waals surface area contributed by atoms with Crippen LogP contribution >= 0.6 is 11.8 Å². The molecule has 0 spiro atoms. The Morgan fingerprint density at radius 3 is 2.81 bits per heavy atom. The molecular formula is C18H27N5O3S. The molecule has 0 aliphatic rings. The molecule has 0 aliphatic heterocycles. The van der Waals surface area contributed by atoms with Crippen molar-refractivity contribution in [2.24, 2.45) is 5.92 Å². The lowest BCUT2D eigenvalue weighted by Gasteiger charge is -2.19. The number of aromatic amines is 1. The maximum atomic E-state index is 12.2. The normalized spacial score (nSPS) is 12.3. The molecule has 9 heteroatoms. The Bertz CT molecular complexity index is 749. The van der Waals surface area contributed by atoms with Crippen molar-refractivity contribution in [3.8, 4) is 0 Å². The molecule has 0 aromatic carbocycles. The second kappa shape index (κ2) is 10.9. The van der Waals surface area contributed by atoms with E-state index in [0.717, 1.165) is 29.1 Å². The smallest absolute Gasteiger partial charge is 0.328 e. The van der Waals surface area contributed by atoms with Crippen molar-refractivity contribution in [2.45, 2.75) is 57.5 Å². The topological polar surface area (TPSA) is 110 Å². The summed E-state index contributed by atoms with van der Waals surface area (Å²) in [7, 11) is 0. The third kappa shape index (κ3) is 6.82. The van der Waals surface area contributed by atoms with Crippen molar-refractivity contribution < 1.29 is 14.3 Å². The zero-order valence-electron chi connectivity index (χ0n) is 16.0. The molecule has 0 saturated carbocycles. The summed E-state index contributed by atoms with van der Waals surface area (Å²) in [5, 5.41) is 3.67. The van der Waals surface area contributed by atoms with Crippen molar-refractivity contribution in [3.63, 3.8) is 0 Å². The number of unbranched alkanes of at least 4 members (excludes halogenated alkanes) is 1. The molecule has 2 aromatic heterocycles. The van der Waals surface area contributed by atoms with Crippen molar-refractivity contribution in [3.05, 3.63) is 12.7 Å². The molecule has 2 rings (SSSR count). The zero-order valence-corrected chi connectivity index (χ0v) is 16.8. The van der Waals surface area contributed by atoms with E-state index in [4.69, 9.17) is 4.74 Å². The molecule has 148 valence electrons. The van der Waals surface area contributed by atoms with Crippen LogP contribution in [0.4, 0.5) is 0 Å². The van der Waals surface area contributed by atoms with Gasteiger partial charge in [-0.1, -0.05) is 13.8 Å². The summed E-state index contributed by atoms with van der Waals surface area (Å²) in [6.07, 6.45) is 5.68. The standard InChI is InChI=1S/C18H27N5O3S/c1-4-26-18(25)13(9-12(2)3)23-14(24)7-5-6-8-27-17-15-16(20-10-19-15)21-11-22-17/h10-13H,4-9H2,1-3H3,(H,23,24)(H,19,20,21,22)/t13-/m0/s1. The summed E-state index contributed by atoms with van der Waals surface area (Å²) in [5.41, 5.74) is 1.49. The number of H-pyrrole nitrogens is 1. The zero-order chi connectivity index (χ0) is 19.6. The summed E-state index contributed by atoms with van der Waals surface area (Å²) < 4.78 is 5.05. The fourth-order valence-electron chi connectivity index (χ4n) is 2.60. The van der Waals surface area contributed by atoms with Gasteiger partial charge in [-0.15, -0.1) is 11.8 Å². The van der Waals surface area contributed by atoms with Gasteiger partial charge in [-0.05, 0) is 37.9 Å². The van der Waals surface area contributed by atoms with E-state index < -0.39 is 6.04 Å². The summed E-state index contributed by atoms with van der Waals surface area (Å²) in [6, 6.07) is -0.568. The average Bonchev–Trinajstić information content (AvgIpc) is 3.10. The van der Waals surface area contributed by atoms with Crippen LogP contribution in [0.5, 0.6) is 0 Å². The number of aromatic nitrogens is 4. The number of fused-ring (bicyclic) bond motifs is 1. The fraction of sp³-hybridized carbons (Fsp3) is 0.611. The molecule has 0 fully saturated rings. The number of nitrogens with one attached hydrogen (secondary N) is 2. The number of hydrogen-bond acceptors (Lipinski definition) is 7. The van der Waals surface area contributed by atoms with Crippen LogP contribution in [0.1, 0.15) is 46.5 Å². The van der Waals surface area contributed by atoms with E-state index in [0.29, 0.717) is 31.0 Å². The number of imidazole rings is 1. The number of esters is 1. The Kier molecular flexibility index (Phi) is 8.50. The first kappa shape index (κ1) is 21.1. The average molecular weight is 394 g/mol. The highest BCUT2D eigenvalue weighted by Crippen LogP contribution is 2.22. The first-order valence-electron chi connectivity index (χ1n) is 9.24. The third-order valence-electron chi connectivity index (χ3n) is 3.84. The monoisotopic (exact) mass is 393 g/mol. The minimum atomic E-state index is -0.568. The van der Waals surface area contributed by atoms with Gasteiger partial charge in [0.25, 0.3) is 0 Å². The van der Waals surface area contributed by atoms with Crippen LogP contribution in [0.2, 0.25) is 0 Å². The van der Waals surface area contributed by atoms with E-state index in [9.17, 15) is 9.59 Å². The Labute approximate surface area is 163 Å². The largest absolute Gasteiger partial charge is 0.464 e. The lowest BCUT2D eigenvalue weighted by Crippen LogP contribution is -2.42. The van der Waals surface area contributed by atoms with E-state index in [1.807, 2.05) is 13.8 Å². The van der Waals surface area contributed by atoms with Crippen molar-refractivity contribution in [1.82, 2.24) is 25.3 Å². The summed E-state index contributed by atoms with van der Waals surface area (Å²) in [6.45, 7) is 6.10. The number of nitrogens with zero attached hydrogens (tertiary/aromatic N) is 3. The van der Waals surface area contributed by atoms with Crippen LogP contribution in [-0.4, -0.2) is 50.2 Å². The Hall–Kier alpha value is -2.16. The number of hydrogen-bond donors (Lipinski definition) is 2. The van der Waals surface area contributed by atoms with E-state index in [1.54, 1.807) is 25.0 Å². The number of rotatable bonds is 11. The molecule has 2 heterocycles. The van der Waals surface area contributed by atoms with Crippen LogP contribution in [0.15, 0.2) is 17.7 Å². The lowest BCUT2D eigenvalue weighted by molar-refractivity contribution is -0.147. The van der Waals surface area contributed by atoms with Crippen LogP contribution in [0.25, 0.3) is 11.2 Å². The molecule has 0 saturated heterocycles. The van der Waals surface area contributed by atoms with Gasteiger partial charge in [0.2, 0.25) is 5.91 Å². The van der Waals surface area contributed by atoms with E-state index in [1.165, 1.54) is 6.33 Å². The second-order valence-corrected chi connectivity index (χ2v) is 7.67. The van der Waals surface area contributed by atoms with Gasteiger partial charge in [0.05, 0.1) is 12.9 Å². The number of thioether (sulfide) groups is 1. The van der Waals surface area contributed by atoms with Gasteiger partial charge in [-0.2, -0.15) is 0 Å². The molecule has 27 heavy (non-hydrogen) atoms. The van der Waals surface area contributed by atoms with Crippen LogP contribution < -0.4 is 5.32 Å². The molecule has 0 unspecified atom stereocenters. The second-order valence-electron chi connectivity index (χ2n) is 6.59. The first-order valence-corrected chi connectivity index (χ1v) is 10.2.